The van der Waals surface area contributed by atoms with Gasteiger partial charge in [0.2, 0.25) is 0 Å². The molecule has 0 saturated carbocycles. The summed E-state index contributed by atoms with van der Waals surface area (Å²) in [7, 11) is 3.29. The quantitative estimate of drug-likeness (QED) is 0.313. The van der Waals surface area contributed by atoms with Crippen LogP contribution < -0.4 is 9.47 Å². The van der Waals surface area contributed by atoms with Crippen LogP contribution >= 0.6 is 31.9 Å². The molecule has 0 N–H and O–H groups in total. The van der Waals surface area contributed by atoms with E-state index in [-0.39, 0.29) is 11.6 Å². The summed E-state index contributed by atoms with van der Waals surface area (Å²) in [6.45, 7) is 1.54. The summed E-state index contributed by atoms with van der Waals surface area (Å²) in [6, 6.07) is 11.9. The Morgan fingerprint density at radius 1 is 0.895 bits per heavy atom. The number of benzene rings is 2. The van der Waals surface area contributed by atoms with Crippen LogP contribution in [0.25, 0.3) is 0 Å². The van der Waals surface area contributed by atoms with Crippen LogP contribution in [0.15, 0.2) is 67.9 Å². The molecule has 0 radical (unpaired) electrons. The fraction of sp³-hybridized carbons (Fsp3) is 0.400. The minimum atomic E-state index is -0.412. The highest BCUT2D eigenvalue weighted by Gasteiger charge is 2.43. The van der Waals surface area contributed by atoms with Crippen molar-refractivity contribution in [2.24, 2.45) is 0 Å². The molecule has 2 aliphatic carbocycles. The molecule has 2 aromatic carbocycles. The number of rotatable bonds is 8. The van der Waals surface area contributed by atoms with Gasteiger partial charge in [-0.15, -0.1) is 0 Å². The number of hydrogen-bond donors (Lipinski definition) is 0. The van der Waals surface area contributed by atoms with E-state index in [2.05, 4.69) is 36.8 Å². The number of ether oxygens (including phenoxy) is 3. The van der Waals surface area contributed by atoms with Crippen LogP contribution in [0.1, 0.15) is 55.6 Å². The van der Waals surface area contributed by atoms with Crippen molar-refractivity contribution >= 4 is 43.4 Å². The van der Waals surface area contributed by atoms with Crippen LogP contribution in [0.3, 0.4) is 0 Å². The minimum absolute atomic E-state index is 0.120. The predicted molar refractivity (Wildman–Crippen MR) is 152 cm³/mol. The first-order valence-corrected chi connectivity index (χ1v) is 14.5. The number of halogens is 2. The van der Waals surface area contributed by atoms with E-state index in [0.717, 1.165) is 68.3 Å². The van der Waals surface area contributed by atoms with Gasteiger partial charge in [0.1, 0.15) is 6.61 Å². The molecule has 0 amide bonds. The van der Waals surface area contributed by atoms with Gasteiger partial charge in [0, 0.05) is 59.4 Å². The van der Waals surface area contributed by atoms with E-state index in [0.29, 0.717) is 44.1 Å². The maximum Gasteiger partial charge on any atom is 0.175 e. The van der Waals surface area contributed by atoms with Crippen LogP contribution in [0, 0.1) is 0 Å². The largest absolute Gasteiger partial charge is 0.493 e. The number of methoxy groups -OCH3 is 2. The highest BCUT2D eigenvalue weighted by Crippen LogP contribution is 2.51. The van der Waals surface area contributed by atoms with E-state index in [1.165, 1.54) is 0 Å². The molecule has 200 valence electrons. The van der Waals surface area contributed by atoms with Gasteiger partial charge in [-0.1, -0.05) is 28.1 Å². The first kappa shape index (κ1) is 27.2. The third-order valence-electron chi connectivity index (χ3n) is 7.49. The fourth-order valence-corrected chi connectivity index (χ4v) is 6.62. The molecule has 0 fully saturated rings. The van der Waals surface area contributed by atoms with Gasteiger partial charge in [-0.25, -0.2) is 0 Å². The number of Topliss-reactive ketones (excluding diaryl/α,β-unsaturated/α-hetero) is 2. The Hall–Kier alpha value is -2.42. The van der Waals surface area contributed by atoms with Crippen molar-refractivity contribution < 1.29 is 23.8 Å². The Bertz CT molecular complexity index is 1270. The molecule has 38 heavy (non-hydrogen) atoms. The average molecular weight is 645 g/mol. The number of carbonyl (C=O) groups is 2. The van der Waals surface area contributed by atoms with Crippen molar-refractivity contribution in [2.75, 3.05) is 27.4 Å². The van der Waals surface area contributed by atoms with Crippen molar-refractivity contribution in [1.82, 2.24) is 4.90 Å². The third kappa shape index (κ3) is 5.23. The molecule has 1 heterocycles. The SMILES string of the molecule is COCCN1C2=C(C(=O)CCC2)C(c2cc(Br)c(OCc3ccc(Br)cc3)c(OC)c2)C2=C1CCCC2=O. The summed E-state index contributed by atoms with van der Waals surface area (Å²) in [4.78, 5) is 29.2. The van der Waals surface area contributed by atoms with Gasteiger partial charge in [0.05, 0.1) is 18.2 Å². The second-order valence-electron chi connectivity index (χ2n) is 9.80. The predicted octanol–water partition coefficient (Wildman–Crippen LogP) is 6.86. The van der Waals surface area contributed by atoms with Gasteiger partial charge >= 0.3 is 0 Å². The second-order valence-corrected chi connectivity index (χ2v) is 11.6. The van der Waals surface area contributed by atoms with E-state index in [1.807, 2.05) is 36.4 Å². The zero-order valence-corrected chi connectivity index (χ0v) is 24.8. The highest BCUT2D eigenvalue weighted by molar-refractivity contribution is 9.10. The van der Waals surface area contributed by atoms with Gasteiger partial charge in [0.25, 0.3) is 0 Å². The van der Waals surface area contributed by atoms with Crippen molar-refractivity contribution in [1.29, 1.82) is 0 Å². The Morgan fingerprint density at radius 2 is 1.53 bits per heavy atom. The molecule has 5 rings (SSSR count). The normalized spacial score (nSPS) is 18.1. The molecule has 0 saturated heterocycles. The van der Waals surface area contributed by atoms with Crippen LogP contribution in [-0.2, 0) is 20.9 Å². The van der Waals surface area contributed by atoms with Crippen LogP contribution in [-0.4, -0.2) is 43.8 Å². The van der Waals surface area contributed by atoms with Gasteiger partial charge < -0.3 is 19.1 Å². The Labute approximate surface area is 240 Å². The molecule has 3 aliphatic rings. The van der Waals surface area contributed by atoms with Crippen LogP contribution in [0.5, 0.6) is 11.5 Å². The molecule has 1 aliphatic heterocycles. The summed E-state index contributed by atoms with van der Waals surface area (Å²) < 4.78 is 19.1. The van der Waals surface area contributed by atoms with Crippen LogP contribution in [0.2, 0.25) is 0 Å². The molecule has 8 heteroatoms. The Kier molecular flexibility index (Phi) is 8.41. The summed E-state index contributed by atoms with van der Waals surface area (Å²) in [5.41, 5.74) is 5.48. The first-order chi connectivity index (χ1) is 18.4. The van der Waals surface area contributed by atoms with E-state index < -0.39 is 5.92 Å². The molecule has 0 spiro atoms. The first-order valence-electron chi connectivity index (χ1n) is 13.0. The number of nitrogens with zero attached hydrogens (tertiary/aromatic N) is 1. The van der Waals surface area contributed by atoms with Crippen molar-refractivity contribution in [3.8, 4) is 11.5 Å². The molecule has 0 bridgehead atoms. The van der Waals surface area contributed by atoms with E-state index >= 15 is 0 Å². The molecule has 2 aromatic rings. The van der Waals surface area contributed by atoms with Crippen molar-refractivity contribution in [3.63, 3.8) is 0 Å². The zero-order valence-electron chi connectivity index (χ0n) is 21.6. The molecule has 0 aromatic heterocycles. The van der Waals surface area contributed by atoms with Crippen molar-refractivity contribution in [2.45, 2.75) is 51.0 Å². The summed E-state index contributed by atoms with van der Waals surface area (Å²) >= 11 is 7.16. The topological polar surface area (TPSA) is 65.1 Å². The smallest absolute Gasteiger partial charge is 0.175 e. The maximum absolute atomic E-state index is 13.5. The van der Waals surface area contributed by atoms with E-state index in [9.17, 15) is 9.59 Å². The fourth-order valence-electron chi connectivity index (χ4n) is 5.78. The second kappa shape index (κ2) is 11.8. The summed E-state index contributed by atoms with van der Waals surface area (Å²) in [5, 5.41) is 0. The van der Waals surface area contributed by atoms with Gasteiger partial charge in [0.15, 0.2) is 23.1 Å². The molecule has 0 unspecified atom stereocenters. The molecule has 6 nitrogen and oxygen atoms in total. The van der Waals surface area contributed by atoms with Crippen molar-refractivity contribution in [3.05, 3.63) is 79.0 Å². The lowest BCUT2D eigenvalue weighted by atomic mass is 9.71. The number of hydrogen-bond acceptors (Lipinski definition) is 6. The lowest BCUT2D eigenvalue weighted by Crippen LogP contribution is -2.40. The van der Waals surface area contributed by atoms with E-state index in [1.54, 1.807) is 14.2 Å². The summed E-state index contributed by atoms with van der Waals surface area (Å²) in [5.74, 6) is 0.975. The monoisotopic (exact) mass is 643 g/mol. The lowest BCUT2D eigenvalue weighted by molar-refractivity contribution is -0.117. The van der Waals surface area contributed by atoms with Gasteiger partial charge in [-0.05, 0) is 77.0 Å². The Balaban J connectivity index is 1.58. The summed E-state index contributed by atoms with van der Waals surface area (Å²) in [6.07, 6.45) is 4.27. The van der Waals surface area contributed by atoms with Gasteiger partial charge in [-0.3, -0.25) is 9.59 Å². The Morgan fingerprint density at radius 3 is 2.11 bits per heavy atom. The number of ketones is 2. The van der Waals surface area contributed by atoms with E-state index in [4.69, 9.17) is 14.2 Å². The molecular formula is C30H31Br2NO5. The third-order valence-corrected chi connectivity index (χ3v) is 8.60. The zero-order chi connectivity index (χ0) is 26.8. The highest BCUT2D eigenvalue weighted by atomic mass is 79.9. The lowest BCUT2D eigenvalue weighted by Gasteiger charge is -2.44. The maximum atomic E-state index is 13.5. The minimum Gasteiger partial charge on any atom is -0.493 e. The average Bonchev–Trinajstić information content (AvgIpc) is 2.91. The van der Waals surface area contributed by atoms with Crippen LogP contribution in [0.4, 0.5) is 0 Å². The number of allylic oxidation sites excluding steroid dienone is 4. The molecular weight excluding hydrogens is 614 g/mol. The number of carbonyl (C=O) groups excluding carboxylic acids is 2. The van der Waals surface area contributed by atoms with Gasteiger partial charge in [-0.2, -0.15) is 0 Å². The standard InChI is InChI=1S/C30H31Br2NO5/c1-36-14-13-33-22-5-3-7-24(34)28(22)27(29-23(33)6-4-8-25(29)35)19-15-21(32)30(26(16-19)37-2)38-17-18-9-11-20(31)12-10-18/h9-12,15-16,27H,3-8,13-14,17H2,1-2H3. The molecule has 0 atom stereocenters.